The molecule has 0 aliphatic heterocycles. The van der Waals surface area contributed by atoms with Crippen molar-refractivity contribution in [2.45, 2.75) is 13.0 Å². The van der Waals surface area contributed by atoms with Gasteiger partial charge in [0.15, 0.2) is 5.82 Å². The molecule has 6 nitrogen and oxygen atoms in total. The fourth-order valence-corrected chi connectivity index (χ4v) is 2.08. The Morgan fingerprint density at radius 1 is 1.38 bits per heavy atom. The lowest BCUT2D eigenvalue weighted by Crippen LogP contribution is -2.01. The number of anilines is 1. The molecular formula is C13H11ClFN5O. The van der Waals surface area contributed by atoms with E-state index in [1.807, 2.05) is 0 Å². The summed E-state index contributed by atoms with van der Waals surface area (Å²) in [6, 6.07) is 4.80. The number of nitrogen functional groups attached to an aromatic ring is 1. The van der Waals surface area contributed by atoms with E-state index in [2.05, 4.69) is 15.2 Å². The third kappa shape index (κ3) is 3.03. The summed E-state index contributed by atoms with van der Waals surface area (Å²) >= 11 is 5.73. The largest absolute Gasteiger partial charge is 0.396 e. The van der Waals surface area contributed by atoms with Crippen LogP contribution in [0.25, 0.3) is 0 Å². The third-order valence-electron chi connectivity index (χ3n) is 2.84. The summed E-state index contributed by atoms with van der Waals surface area (Å²) < 4.78 is 20.5. The van der Waals surface area contributed by atoms with Crippen LogP contribution < -0.4 is 5.73 Å². The molecule has 0 bridgehead atoms. The van der Waals surface area contributed by atoms with E-state index in [1.165, 1.54) is 12.3 Å². The van der Waals surface area contributed by atoms with Gasteiger partial charge < -0.3 is 10.3 Å². The van der Waals surface area contributed by atoms with Crippen molar-refractivity contribution in [1.29, 1.82) is 0 Å². The Hall–Kier alpha value is -2.41. The first-order valence-corrected chi connectivity index (χ1v) is 6.52. The second kappa shape index (κ2) is 5.53. The quantitative estimate of drug-likeness (QED) is 0.799. The van der Waals surface area contributed by atoms with Crippen LogP contribution in [-0.2, 0) is 13.0 Å². The van der Waals surface area contributed by atoms with Crippen molar-refractivity contribution >= 4 is 17.3 Å². The standard InChI is InChI=1S/C13H11ClFN5O/c14-10-3-1-2-8(13(10)15)4-11-18-12(21-19-11)7-20-6-9(16)5-17-20/h1-3,5-6H,4,7,16H2. The maximum atomic E-state index is 13.8. The first-order valence-electron chi connectivity index (χ1n) is 6.14. The highest BCUT2D eigenvalue weighted by Crippen LogP contribution is 2.19. The Morgan fingerprint density at radius 3 is 3.00 bits per heavy atom. The minimum Gasteiger partial charge on any atom is -0.396 e. The monoisotopic (exact) mass is 307 g/mol. The van der Waals surface area contributed by atoms with Crippen molar-refractivity contribution in [3.63, 3.8) is 0 Å². The molecule has 2 N–H and O–H groups in total. The minimum atomic E-state index is -0.467. The lowest BCUT2D eigenvalue weighted by Gasteiger charge is -2.00. The molecule has 1 aromatic carbocycles. The van der Waals surface area contributed by atoms with E-state index in [0.29, 0.717) is 29.5 Å². The first kappa shape index (κ1) is 13.6. The zero-order valence-corrected chi connectivity index (χ0v) is 11.6. The van der Waals surface area contributed by atoms with Crippen LogP contribution in [0.1, 0.15) is 17.3 Å². The van der Waals surface area contributed by atoms with Crippen molar-refractivity contribution in [3.05, 3.63) is 58.7 Å². The van der Waals surface area contributed by atoms with Crippen LogP contribution in [0, 0.1) is 5.82 Å². The SMILES string of the molecule is Nc1cnn(Cc2nc(Cc3cccc(Cl)c3F)no2)c1. The topological polar surface area (TPSA) is 82.8 Å². The summed E-state index contributed by atoms with van der Waals surface area (Å²) in [5.74, 6) is 0.284. The molecule has 3 rings (SSSR count). The molecule has 0 saturated heterocycles. The van der Waals surface area contributed by atoms with E-state index in [1.54, 1.807) is 23.0 Å². The van der Waals surface area contributed by atoms with Crippen LogP contribution >= 0.6 is 11.6 Å². The molecular weight excluding hydrogens is 297 g/mol. The summed E-state index contributed by atoms with van der Waals surface area (Å²) in [6.07, 6.45) is 3.39. The van der Waals surface area contributed by atoms with E-state index in [4.69, 9.17) is 21.9 Å². The van der Waals surface area contributed by atoms with Crippen molar-refractivity contribution in [2.75, 3.05) is 5.73 Å². The number of hydrogen-bond donors (Lipinski definition) is 1. The molecule has 3 aromatic rings. The fourth-order valence-electron chi connectivity index (χ4n) is 1.89. The van der Waals surface area contributed by atoms with Gasteiger partial charge in [-0.3, -0.25) is 4.68 Å². The molecule has 8 heteroatoms. The average molecular weight is 308 g/mol. The molecule has 0 atom stereocenters. The van der Waals surface area contributed by atoms with Crippen LogP contribution in [0.5, 0.6) is 0 Å². The van der Waals surface area contributed by atoms with E-state index < -0.39 is 5.82 Å². The molecule has 21 heavy (non-hydrogen) atoms. The highest BCUT2D eigenvalue weighted by Gasteiger charge is 2.12. The van der Waals surface area contributed by atoms with Gasteiger partial charge in [-0.05, 0) is 11.6 Å². The van der Waals surface area contributed by atoms with Crippen LogP contribution in [0.4, 0.5) is 10.1 Å². The Balaban J connectivity index is 1.74. The lowest BCUT2D eigenvalue weighted by molar-refractivity contribution is 0.361. The van der Waals surface area contributed by atoms with Gasteiger partial charge in [-0.25, -0.2) is 4.39 Å². The van der Waals surface area contributed by atoms with Gasteiger partial charge in [0.1, 0.15) is 12.4 Å². The summed E-state index contributed by atoms with van der Waals surface area (Å²) in [5.41, 5.74) is 6.53. The van der Waals surface area contributed by atoms with Gasteiger partial charge in [-0.1, -0.05) is 28.9 Å². The summed E-state index contributed by atoms with van der Waals surface area (Å²) in [7, 11) is 0. The molecule has 2 heterocycles. The van der Waals surface area contributed by atoms with Gasteiger partial charge in [0.05, 0.1) is 16.9 Å². The average Bonchev–Trinajstić information content (AvgIpc) is 3.05. The molecule has 0 amide bonds. The number of rotatable bonds is 4. The molecule has 108 valence electrons. The lowest BCUT2D eigenvalue weighted by atomic mass is 10.1. The van der Waals surface area contributed by atoms with Gasteiger partial charge in [-0.15, -0.1) is 0 Å². The summed E-state index contributed by atoms with van der Waals surface area (Å²) in [6.45, 7) is 0.308. The third-order valence-corrected chi connectivity index (χ3v) is 3.13. The Labute approximate surface area is 124 Å². The molecule has 2 aromatic heterocycles. The van der Waals surface area contributed by atoms with E-state index in [9.17, 15) is 4.39 Å². The Bertz CT molecular complexity index is 770. The van der Waals surface area contributed by atoms with E-state index in [-0.39, 0.29) is 11.4 Å². The van der Waals surface area contributed by atoms with Crippen molar-refractivity contribution in [1.82, 2.24) is 19.9 Å². The smallest absolute Gasteiger partial charge is 0.248 e. The van der Waals surface area contributed by atoms with Gasteiger partial charge in [0.25, 0.3) is 0 Å². The van der Waals surface area contributed by atoms with E-state index >= 15 is 0 Å². The summed E-state index contributed by atoms with van der Waals surface area (Å²) in [5, 5.41) is 7.91. The van der Waals surface area contributed by atoms with Crippen LogP contribution in [0.15, 0.2) is 35.1 Å². The van der Waals surface area contributed by atoms with Gasteiger partial charge in [-0.2, -0.15) is 10.1 Å². The highest BCUT2D eigenvalue weighted by atomic mass is 35.5. The van der Waals surface area contributed by atoms with Crippen molar-refractivity contribution in [2.24, 2.45) is 0 Å². The summed E-state index contributed by atoms with van der Waals surface area (Å²) in [4.78, 5) is 4.19. The predicted octanol–water partition coefficient (Wildman–Crippen LogP) is 2.28. The number of benzene rings is 1. The Kier molecular flexibility index (Phi) is 3.57. The second-order valence-corrected chi connectivity index (χ2v) is 4.87. The van der Waals surface area contributed by atoms with Crippen molar-refractivity contribution < 1.29 is 8.91 Å². The minimum absolute atomic E-state index is 0.0724. The second-order valence-electron chi connectivity index (χ2n) is 4.47. The maximum absolute atomic E-state index is 13.8. The zero-order valence-electron chi connectivity index (χ0n) is 10.8. The number of nitrogens with two attached hydrogens (primary N) is 1. The molecule has 0 saturated carbocycles. The molecule has 0 spiro atoms. The normalized spacial score (nSPS) is 11.0. The van der Waals surface area contributed by atoms with Crippen LogP contribution in [-0.4, -0.2) is 19.9 Å². The number of aromatic nitrogens is 4. The van der Waals surface area contributed by atoms with Crippen LogP contribution in [0.2, 0.25) is 5.02 Å². The van der Waals surface area contributed by atoms with Crippen LogP contribution in [0.3, 0.4) is 0 Å². The number of hydrogen-bond acceptors (Lipinski definition) is 5. The van der Waals surface area contributed by atoms with E-state index in [0.717, 1.165) is 0 Å². The first-order chi connectivity index (χ1) is 10.1. The van der Waals surface area contributed by atoms with Gasteiger partial charge in [0, 0.05) is 12.6 Å². The predicted molar refractivity (Wildman–Crippen MR) is 74.3 cm³/mol. The number of halogens is 2. The van der Waals surface area contributed by atoms with Gasteiger partial charge in [0.2, 0.25) is 5.89 Å². The maximum Gasteiger partial charge on any atom is 0.248 e. The molecule has 0 aliphatic carbocycles. The molecule has 0 aliphatic rings. The zero-order chi connectivity index (χ0) is 14.8. The molecule has 0 unspecified atom stereocenters. The number of nitrogens with zero attached hydrogens (tertiary/aromatic N) is 4. The highest BCUT2D eigenvalue weighted by molar-refractivity contribution is 6.30. The van der Waals surface area contributed by atoms with Crippen molar-refractivity contribution in [3.8, 4) is 0 Å². The Morgan fingerprint density at radius 2 is 2.24 bits per heavy atom. The molecule has 0 fully saturated rings. The molecule has 0 radical (unpaired) electrons. The fraction of sp³-hybridized carbons (Fsp3) is 0.154. The van der Waals surface area contributed by atoms with Gasteiger partial charge >= 0.3 is 0 Å².